The average Bonchev–Trinajstić information content (AvgIpc) is 2.49. The molecule has 122 valence electrons. The molecule has 2 rings (SSSR count). The van der Waals surface area contributed by atoms with Gasteiger partial charge in [0.15, 0.2) is 11.6 Å². The smallest absolute Gasteiger partial charge is 0.416 e. The summed E-state index contributed by atoms with van der Waals surface area (Å²) >= 11 is 0. The van der Waals surface area contributed by atoms with Crippen LogP contribution in [0.4, 0.5) is 33.3 Å². The largest absolute Gasteiger partial charge is 0.465 e. The van der Waals surface area contributed by atoms with Crippen LogP contribution in [0.15, 0.2) is 36.4 Å². The normalized spacial score (nSPS) is 11.2. The summed E-state index contributed by atoms with van der Waals surface area (Å²) in [6, 6.07) is 5.21. The van der Waals surface area contributed by atoms with E-state index in [-0.39, 0.29) is 16.9 Å². The van der Waals surface area contributed by atoms with Crippen molar-refractivity contribution in [3.63, 3.8) is 0 Å². The summed E-state index contributed by atoms with van der Waals surface area (Å²) in [5, 5.41) is 2.56. The van der Waals surface area contributed by atoms with Crippen LogP contribution in [0.1, 0.15) is 15.9 Å². The number of hydrogen-bond acceptors (Lipinski definition) is 3. The SMILES string of the molecule is COC(=O)c1cc(F)c(F)cc1Nc1ccc(C(F)(F)F)cc1. The number of carbonyl (C=O) groups is 1. The molecule has 1 N–H and O–H groups in total. The molecule has 8 heteroatoms. The Morgan fingerprint density at radius 1 is 1.04 bits per heavy atom. The number of halogens is 5. The fourth-order valence-corrected chi connectivity index (χ4v) is 1.83. The van der Waals surface area contributed by atoms with Gasteiger partial charge in [0.2, 0.25) is 0 Å². The van der Waals surface area contributed by atoms with Crippen LogP contribution in [0.25, 0.3) is 0 Å². The fraction of sp³-hybridized carbons (Fsp3) is 0.133. The van der Waals surface area contributed by atoms with Crippen LogP contribution in [0.5, 0.6) is 0 Å². The van der Waals surface area contributed by atoms with E-state index in [9.17, 15) is 26.7 Å². The van der Waals surface area contributed by atoms with Gasteiger partial charge in [0.25, 0.3) is 0 Å². The van der Waals surface area contributed by atoms with E-state index in [2.05, 4.69) is 10.1 Å². The summed E-state index contributed by atoms with van der Waals surface area (Å²) in [6.07, 6.45) is -4.49. The predicted molar refractivity (Wildman–Crippen MR) is 72.4 cm³/mol. The quantitative estimate of drug-likeness (QED) is 0.664. The third-order valence-corrected chi connectivity index (χ3v) is 2.96. The summed E-state index contributed by atoms with van der Waals surface area (Å²) < 4.78 is 68.5. The topological polar surface area (TPSA) is 38.3 Å². The van der Waals surface area contributed by atoms with E-state index < -0.39 is 29.3 Å². The first kappa shape index (κ1) is 16.7. The van der Waals surface area contributed by atoms with Crippen molar-refractivity contribution in [3.8, 4) is 0 Å². The molecule has 0 fully saturated rings. The van der Waals surface area contributed by atoms with Crippen molar-refractivity contribution in [1.29, 1.82) is 0 Å². The van der Waals surface area contributed by atoms with Crippen LogP contribution in [0, 0.1) is 11.6 Å². The fourth-order valence-electron chi connectivity index (χ4n) is 1.83. The number of rotatable bonds is 3. The highest BCUT2D eigenvalue weighted by Gasteiger charge is 2.30. The van der Waals surface area contributed by atoms with Crippen molar-refractivity contribution in [2.45, 2.75) is 6.18 Å². The van der Waals surface area contributed by atoms with Gasteiger partial charge in [-0.15, -0.1) is 0 Å². The highest BCUT2D eigenvalue weighted by atomic mass is 19.4. The summed E-state index contributed by atoms with van der Waals surface area (Å²) in [4.78, 5) is 11.6. The monoisotopic (exact) mass is 331 g/mol. The van der Waals surface area contributed by atoms with E-state index >= 15 is 0 Å². The van der Waals surface area contributed by atoms with Gasteiger partial charge < -0.3 is 10.1 Å². The molecule has 3 nitrogen and oxygen atoms in total. The van der Waals surface area contributed by atoms with Gasteiger partial charge in [-0.1, -0.05) is 0 Å². The number of hydrogen-bond donors (Lipinski definition) is 1. The molecule has 0 aromatic heterocycles. The summed E-state index contributed by atoms with van der Waals surface area (Å²) in [5.41, 5.74) is -1.11. The second-order valence-corrected chi connectivity index (χ2v) is 4.50. The lowest BCUT2D eigenvalue weighted by molar-refractivity contribution is -0.137. The van der Waals surface area contributed by atoms with E-state index in [0.29, 0.717) is 6.07 Å². The summed E-state index contributed by atoms with van der Waals surface area (Å²) in [6.45, 7) is 0. The number of benzene rings is 2. The number of carbonyl (C=O) groups excluding carboxylic acids is 1. The molecule has 0 unspecified atom stereocenters. The Bertz CT molecular complexity index is 726. The molecule has 2 aromatic carbocycles. The Kier molecular flexibility index (Phi) is 4.53. The lowest BCUT2D eigenvalue weighted by atomic mass is 10.1. The van der Waals surface area contributed by atoms with Crippen LogP contribution in [-0.2, 0) is 10.9 Å². The van der Waals surface area contributed by atoms with E-state index in [1.54, 1.807) is 0 Å². The van der Waals surface area contributed by atoms with Gasteiger partial charge in [-0.05, 0) is 30.3 Å². The molecule has 0 radical (unpaired) electrons. The first-order valence-corrected chi connectivity index (χ1v) is 6.24. The van der Waals surface area contributed by atoms with Crippen LogP contribution in [0.3, 0.4) is 0 Å². The molecule has 0 spiro atoms. The van der Waals surface area contributed by atoms with Gasteiger partial charge in [0, 0.05) is 11.8 Å². The third-order valence-electron chi connectivity index (χ3n) is 2.96. The minimum Gasteiger partial charge on any atom is -0.465 e. The third kappa shape index (κ3) is 3.77. The van der Waals surface area contributed by atoms with E-state index in [4.69, 9.17) is 0 Å². The first-order chi connectivity index (χ1) is 10.7. The zero-order valence-corrected chi connectivity index (χ0v) is 11.7. The van der Waals surface area contributed by atoms with Crippen molar-refractivity contribution in [2.75, 3.05) is 12.4 Å². The van der Waals surface area contributed by atoms with Crippen molar-refractivity contribution in [2.24, 2.45) is 0 Å². The molecule has 0 saturated carbocycles. The molecule has 0 aliphatic rings. The van der Waals surface area contributed by atoms with Gasteiger partial charge in [0.05, 0.1) is 23.9 Å². The molecule has 0 saturated heterocycles. The average molecular weight is 331 g/mol. The van der Waals surface area contributed by atoms with Gasteiger partial charge in [-0.3, -0.25) is 0 Å². The Labute approximate surface area is 127 Å². The second-order valence-electron chi connectivity index (χ2n) is 4.50. The van der Waals surface area contributed by atoms with Crippen molar-refractivity contribution in [1.82, 2.24) is 0 Å². The highest BCUT2D eigenvalue weighted by Crippen LogP contribution is 2.31. The zero-order valence-electron chi connectivity index (χ0n) is 11.7. The Morgan fingerprint density at radius 2 is 1.61 bits per heavy atom. The molecular weight excluding hydrogens is 321 g/mol. The maximum atomic E-state index is 13.3. The van der Waals surface area contributed by atoms with Crippen molar-refractivity contribution >= 4 is 17.3 Å². The molecule has 0 aliphatic heterocycles. The lowest BCUT2D eigenvalue weighted by Gasteiger charge is -2.12. The molecule has 0 amide bonds. The van der Waals surface area contributed by atoms with Crippen molar-refractivity contribution < 1.29 is 31.5 Å². The Hall–Kier alpha value is -2.64. The molecule has 0 aliphatic carbocycles. The van der Waals surface area contributed by atoms with E-state index in [1.165, 1.54) is 0 Å². The van der Waals surface area contributed by atoms with Gasteiger partial charge in [0.1, 0.15) is 0 Å². The van der Waals surface area contributed by atoms with Gasteiger partial charge in [-0.25, -0.2) is 13.6 Å². The van der Waals surface area contributed by atoms with Crippen LogP contribution >= 0.6 is 0 Å². The summed E-state index contributed by atoms with van der Waals surface area (Å²) in [5.74, 6) is -3.38. The predicted octanol–water partition coefficient (Wildman–Crippen LogP) is 4.51. The maximum Gasteiger partial charge on any atom is 0.416 e. The number of anilines is 2. The lowest BCUT2D eigenvalue weighted by Crippen LogP contribution is -2.08. The number of esters is 1. The second kappa shape index (κ2) is 6.23. The summed E-state index contributed by atoms with van der Waals surface area (Å²) in [7, 11) is 1.06. The van der Waals surface area contributed by atoms with E-state index in [0.717, 1.165) is 37.4 Å². The standard InChI is InChI=1S/C15H10F5NO2/c1-23-14(22)10-6-11(16)12(17)7-13(10)21-9-4-2-8(3-5-9)15(18,19)20/h2-7,21H,1H3. The zero-order chi connectivity index (χ0) is 17.2. The molecule has 2 aromatic rings. The van der Waals surface area contributed by atoms with Gasteiger partial charge in [-0.2, -0.15) is 13.2 Å². The number of methoxy groups -OCH3 is 1. The number of ether oxygens (including phenoxy) is 1. The Balaban J connectivity index is 2.36. The van der Waals surface area contributed by atoms with Gasteiger partial charge >= 0.3 is 12.1 Å². The number of nitrogens with one attached hydrogen (secondary N) is 1. The molecule has 0 atom stereocenters. The minimum atomic E-state index is -4.49. The van der Waals surface area contributed by atoms with Crippen LogP contribution < -0.4 is 5.32 Å². The van der Waals surface area contributed by atoms with E-state index in [1.807, 2.05) is 0 Å². The maximum absolute atomic E-state index is 13.3. The first-order valence-electron chi connectivity index (χ1n) is 6.24. The Morgan fingerprint density at radius 3 is 2.13 bits per heavy atom. The van der Waals surface area contributed by atoms with Crippen LogP contribution in [-0.4, -0.2) is 13.1 Å². The van der Waals surface area contributed by atoms with Crippen LogP contribution in [0.2, 0.25) is 0 Å². The minimum absolute atomic E-state index is 0.129. The molecule has 23 heavy (non-hydrogen) atoms. The molecule has 0 bridgehead atoms. The van der Waals surface area contributed by atoms with Crippen molar-refractivity contribution in [3.05, 3.63) is 59.2 Å². The highest BCUT2D eigenvalue weighted by molar-refractivity contribution is 5.96. The molecular formula is C15H10F5NO2. The number of alkyl halides is 3. The molecule has 0 heterocycles.